The molecule has 2 saturated carbocycles. The molecule has 0 N–H and O–H groups in total. The third-order valence-electron chi connectivity index (χ3n) is 5.15. The minimum absolute atomic E-state index is 0.0627. The quantitative estimate of drug-likeness (QED) is 0.715. The van der Waals surface area contributed by atoms with Crippen molar-refractivity contribution < 1.29 is 9.53 Å². The van der Waals surface area contributed by atoms with E-state index in [0.717, 1.165) is 5.92 Å². The zero-order valence-corrected chi connectivity index (χ0v) is 12.6. The van der Waals surface area contributed by atoms with Crippen molar-refractivity contribution in [2.45, 2.75) is 76.8 Å². The second-order valence-corrected chi connectivity index (χ2v) is 6.21. The summed E-state index contributed by atoms with van der Waals surface area (Å²) in [6, 6.07) is 1.23. The van der Waals surface area contributed by atoms with Gasteiger partial charge in [-0.25, -0.2) is 0 Å². The van der Waals surface area contributed by atoms with Crippen molar-refractivity contribution in [2.24, 2.45) is 5.92 Å². The number of ether oxygens (including phenoxy) is 1. The van der Waals surface area contributed by atoms with Crippen LogP contribution < -0.4 is 0 Å². The molecule has 2 rings (SSSR count). The van der Waals surface area contributed by atoms with E-state index >= 15 is 0 Å². The van der Waals surface area contributed by atoms with E-state index in [4.69, 9.17) is 4.74 Å². The van der Waals surface area contributed by atoms with Crippen molar-refractivity contribution in [3.63, 3.8) is 0 Å². The highest BCUT2D eigenvalue weighted by Gasteiger charge is 2.35. The smallest absolute Gasteiger partial charge is 0.319 e. The number of rotatable bonds is 5. The predicted molar refractivity (Wildman–Crippen MR) is 77.0 cm³/mol. The second kappa shape index (κ2) is 7.28. The van der Waals surface area contributed by atoms with Crippen LogP contribution in [0.3, 0.4) is 0 Å². The highest BCUT2D eigenvalue weighted by molar-refractivity contribution is 5.71. The summed E-state index contributed by atoms with van der Waals surface area (Å²) in [5, 5.41) is 0. The van der Waals surface area contributed by atoms with Crippen LogP contribution in [-0.4, -0.2) is 36.6 Å². The first-order valence-corrected chi connectivity index (χ1v) is 8.08. The van der Waals surface area contributed by atoms with Gasteiger partial charge in [-0.1, -0.05) is 39.0 Å². The summed E-state index contributed by atoms with van der Waals surface area (Å²) in [6.07, 6.45) is 11.7. The van der Waals surface area contributed by atoms with E-state index in [1.54, 1.807) is 0 Å². The lowest BCUT2D eigenvalue weighted by molar-refractivity contribution is -0.144. The molecule has 0 spiro atoms. The van der Waals surface area contributed by atoms with Crippen LogP contribution in [0.25, 0.3) is 0 Å². The Morgan fingerprint density at radius 3 is 2.37 bits per heavy atom. The Morgan fingerprint density at radius 1 is 1.11 bits per heavy atom. The van der Waals surface area contributed by atoms with E-state index in [0.29, 0.717) is 18.6 Å². The van der Waals surface area contributed by atoms with Gasteiger partial charge < -0.3 is 4.74 Å². The number of nitrogens with zero attached hydrogens (tertiary/aromatic N) is 1. The van der Waals surface area contributed by atoms with E-state index in [1.165, 1.54) is 64.9 Å². The maximum absolute atomic E-state index is 11.8. The summed E-state index contributed by atoms with van der Waals surface area (Å²) in [6.45, 7) is 2.80. The lowest BCUT2D eigenvalue weighted by Crippen LogP contribution is -2.49. The van der Waals surface area contributed by atoms with Crippen molar-refractivity contribution in [3.8, 4) is 0 Å². The highest BCUT2D eigenvalue weighted by atomic mass is 16.5. The van der Waals surface area contributed by atoms with Gasteiger partial charge in [0.15, 0.2) is 0 Å². The van der Waals surface area contributed by atoms with Gasteiger partial charge >= 0.3 is 5.97 Å². The molecular formula is C16H29NO2. The Balaban J connectivity index is 2.07. The van der Waals surface area contributed by atoms with E-state index in [1.807, 2.05) is 0 Å². The number of hydrogen-bond donors (Lipinski definition) is 0. The molecule has 0 bridgehead atoms. The molecule has 0 saturated heterocycles. The fraction of sp³-hybridized carbons (Fsp3) is 0.938. The Hall–Kier alpha value is -0.570. The molecule has 2 unspecified atom stereocenters. The lowest BCUT2D eigenvalue weighted by Gasteiger charge is -2.42. The van der Waals surface area contributed by atoms with Gasteiger partial charge in [0.2, 0.25) is 0 Å². The third kappa shape index (κ3) is 3.71. The van der Waals surface area contributed by atoms with Crippen LogP contribution in [0.5, 0.6) is 0 Å². The Labute approximate surface area is 117 Å². The first kappa shape index (κ1) is 14.8. The maximum atomic E-state index is 11.8. The van der Waals surface area contributed by atoms with Crippen molar-refractivity contribution in [1.29, 1.82) is 0 Å². The molecule has 19 heavy (non-hydrogen) atoms. The SMILES string of the molecule is CCC1CCCCC1N(CC(=O)OC)C1CCCC1. The van der Waals surface area contributed by atoms with Crippen LogP contribution in [-0.2, 0) is 9.53 Å². The van der Waals surface area contributed by atoms with Crippen LogP contribution in [0.2, 0.25) is 0 Å². The number of esters is 1. The topological polar surface area (TPSA) is 29.5 Å². The fourth-order valence-corrected chi connectivity index (χ4v) is 4.07. The first-order valence-electron chi connectivity index (χ1n) is 8.08. The molecule has 0 amide bonds. The van der Waals surface area contributed by atoms with Crippen molar-refractivity contribution in [3.05, 3.63) is 0 Å². The third-order valence-corrected chi connectivity index (χ3v) is 5.15. The van der Waals surface area contributed by atoms with Crippen LogP contribution in [0.4, 0.5) is 0 Å². The highest BCUT2D eigenvalue weighted by Crippen LogP contribution is 2.35. The van der Waals surface area contributed by atoms with E-state index < -0.39 is 0 Å². The summed E-state index contributed by atoms with van der Waals surface area (Å²) in [4.78, 5) is 14.3. The average molecular weight is 267 g/mol. The van der Waals surface area contributed by atoms with Gasteiger partial charge in [-0.15, -0.1) is 0 Å². The molecule has 0 aromatic rings. The van der Waals surface area contributed by atoms with Crippen molar-refractivity contribution in [1.82, 2.24) is 4.90 Å². The number of hydrogen-bond acceptors (Lipinski definition) is 3. The number of methoxy groups -OCH3 is 1. The van der Waals surface area contributed by atoms with Crippen LogP contribution in [0.1, 0.15) is 64.7 Å². The molecule has 3 heteroatoms. The molecule has 2 aliphatic carbocycles. The van der Waals surface area contributed by atoms with Crippen LogP contribution in [0, 0.1) is 5.92 Å². The summed E-state index contributed by atoms with van der Waals surface area (Å²) < 4.78 is 4.92. The second-order valence-electron chi connectivity index (χ2n) is 6.21. The standard InChI is InChI=1S/C16H29NO2/c1-3-13-8-4-7-11-15(13)17(12-16(18)19-2)14-9-5-6-10-14/h13-15H,3-12H2,1-2H3. The molecule has 2 fully saturated rings. The van der Waals surface area contributed by atoms with Gasteiger partial charge in [0.25, 0.3) is 0 Å². The van der Waals surface area contributed by atoms with E-state index in [9.17, 15) is 4.79 Å². The lowest BCUT2D eigenvalue weighted by atomic mass is 9.81. The molecule has 2 atom stereocenters. The van der Waals surface area contributed by atoms with Crippen LogP contribution >= 0.6 is 0 Å². The monoisotopic (exact) mass is 267 g/mol. The Kier molecular flexibility index (Phi) is 5.68. The average Bonchev–Trinajstić information content (AvgIpc) is 2.98. The summed E-state index contributed by atoms with van der Waals surface area (Å²) in [5.74, 6) is 0.714. The molecule has 0 aromatic heterocycles. The molecule has 0 aromatic carbocycles. The van der Waals surface area contributed by atoms with Gasteiger partial charge in [0, 0.05) is 12.1 Å². The normalized spacial score (nSPS) is 28.8. The molecule has 0 radical (unpaired) electrons. The molecule has 3 nitrogen and oxygen atoms in total. The Morgan fingerprint density at radius 2 is 1.74 bits per heavy atom. The number of carbonyl (C=O) groups excluding carboxylic acids is 1. The zero-order chi connectivity index (χ0) is 13.7. The van der Waals surface area contributed by atoms with Crippen molar-refractivity contribution in [2.75, 3.05) is 13.7 Å². The zero-order valence-electron chi connectivity index (χ0n) is 12.6. The number of carbonyl (C=O) groups is 1. The van der Waals surface area contributed by atoms with Crippen LogP contribution in [0.15, 0.2) is 0 Å². The molecule has 2 aliphatic rings. The minimum Gasteiger partial charge on any atom is -0.468 e. The summed E-state index contributed by atoms with van der Waals surface area (Å²) in [5.41, 5.74) is 0. The first-order chi connectivity index (χ1) is 9.26. The predicted octanol–water partition coefficient (Wildman–Crippen LogP) is 3.37. The van der Waals surface area contributed by atoms with E-state index in [-0.39, 0.29) is 5.97 Å². The van der Waals surface area contributed by atoms with E-state index in [2.05, 4.69) is 11.8 Å². The Bertz CT molecular complexity index is 286. The molecule has 0 heterocycles. The largest absolute Gasteiger partial charge is 0.468 e. The molecule has 110 valence electrons. The summed E-state index contributed by atoms with van der Waals surface area (Å²) in [7, 11) is 1.51. The van der Waals surface area contributed by atoms with Gasteiger partial charge in [-0.2, -0.15) is 0 Å². The van der Waals surface area contributed by atoms with Crippen molar-refractivity contribution >= 4 is 5.97 Å². The molecular weight excluding hydrogens is 238 g/mol. The fourth-order valence-electron chi connectivity index (χ4n) is 4.07. The van der Waals surface area contributed by atoms with Gasteiger partial charge in [-0.05, 0) is 31.6 Å². The van der Waals surface area contributed by atoms with Gasteiger partial charge in [0.05, 0.1) is 13.7 Å². The maximum Gasteiger partial charge on any atom is 0.319 e. The minimum atomic E-state index is -0.0627. The van der Waals surface area contributed by atoms with Gasteiger partial charge in [0.1, 0.15) is 0 Å². The summed E-state index contributed by atoms with van der Waals surface area (Å²) >= 11 is 0. The molecule has 0 aliphatic heterocycles. The van der Waals surface area contributed by atoms with Gasteiger partial charge in [-0.3, -0.25) is 9.69 Å².